The molecule has 4 heteroatoms. The normalized spacial score (nSPS) is 13.8. The second kappa shape index (κ2) is 5.95. The number of nitrogens with zero attached hydrogens (tertiary/aromatic N) is 2. The summed E-state index contributed by atoms with van der Waals surface area (Å²) >= 11 is 0. The number of carbonyl (C=O) groups excluding carboxylic acids is 1. The fourth-order valence-electron chi connectivity index (χ4n) is 2.33. The Labute approximate surface area is 124 Å². The summed E-state index contributed by atoms with van der Waals surface area (Å²) in [5.41, 5.74) is 1.76. The Hall–Kier alpha value is -2.36. The van der Waals surface area contributed by atoms with Gasteiger partial charge < -0.3 is 9.64 Å². The van der Waals surface area contributed by atoms with Crippen LogP contribution in [0, 0.1) is 0 Å². The van der Waals surface area contributed by atoms with Crippen LogP contribution in [0.4, 0.5) is 0 Å². The van der Waals surface area contributed by atoms with Crippen molar-refractivity contribution in [2.24, 2.45) is 0 Å². The molecule has 0 unspecified atom stereocenters. The van der Waals surface area contributed by atoms with E-state index in [2.05, 4.69) is 17.1 Å². The molecular formula is C17H18N2O2. The molecule has 0 saturated heterocycles. The van der Waals surface area contributed by atoms with Gasteiger partial charge in [-0.1, -0.05) is 30.3 Å². The van der Waals surface area contributed by atoms with Crippen molar-refractivity contribution in [3.05, 3.63) is 59.8 Å². The van der Waals surface area contributed by atoms with E-state index in [1.54, 1.807) is 25.4 Å². The lowest BCUT2D eigenvalue weighted by molar-refractivity contribution is 0.0729. The first-order chi connectivity index (χ1) is 10.3. The Morgan fingerprint density at radius 2 is 2.00 bits per heavy atom. The van der Waals surface area contributed by atoms with Crippen LogP contribution in [0.5, 0.6) is 5.88 Å². The molecule has 0 N–H and O–H groups in total. The van der Waals surface area contributed by atoms with Crippen molar-refractivity contribution in [1.29, 1.82) is 0 Å². The maximum atomic E-state index is 12.7. The summed E-state index contributed by atoms with van der Waals surface area (Å²) in [5.74, 6) is 0.559. The van der Waals surface area contributed by atoms with E-state index >= 15 is 0 Å². The molecule has 21 heavy (non-hydrogen) atoms. The summed E-state index contributed by atoms with van der Waals surface area (Å²) < 4.78 is 5.03. The molecule has 1 fully saturated rings. The minimum absolute atomic E-state index is 0.0384. The Morgan fingerprint density at radius 3 is 2.57 bits per heavy atom. The van der Waals surface area contributed by atoms with Gasteiger partial charge in [-0.2, -0.15) is 0 Å². The number of hydrogen-bond acceptors (Lipinski definition) is 3. The quantitative estimate of drug-likeness (QED) is 0.847. The van der Waals surface area contributed by atoms with Crippen LogP contribution in [0.1, 0.15) is 28.8 Å². The molecule has 0 spiro atoms. The summed E-state index contributed by atoms with van der Waals surface area (Å²) in [6, 6.07) is 13.9. The second-order valence-corrected chi connectivity index (χ2v) is 5.24. The van der Waals surface area contributed by atoms with E-state index in [4.69, 9.17) is 4.74 Å². The topological polar surface area (TPSA) is 42.4 Å². The van der Waals surface area contributed by atoms with E-state index in [0.29, 0.717) is 24.0 Å². The van der Waals surface area contributed by atoms with Crippen molar-refractivity contribution in [3.63, 3.8) is 0 Å². The molecule has 0 bridgehead atoms. The minimum atomic E-state index is 0.0384. The van der Waals surface area contributed by atoms with Gasteiger partial charge in [0.2, 0.25) is 5.88 Å². The van der Waals surface area contributed by atoms with E-state index in [9.17, 15) is 4.79 Å². The number of pyridine rings is 1. The predicted octanol–water partition coefficient (Wildman–Crippen LogP) is 2.90. The summed E-state index contributed by atoms with van der Waals surface area (Å²) in [4.78, 5) is 18.7. The summed E-state index contributed by atoms with van der Waals surface area (Å²) in [5, 5.41) is 0. The summed E-state index contributed by atoms with van der Waals surface area (Å²) in [7, 11) is 1.57. The maximum Gasteiger partial charge on any atom is 0.255 e. The van der Waals surface area contributed by atoms with Crippen LogP contribution in [0.3, 0.4) is 0 Å². The number of carbonyl (C=O) groups is 1. The third-order valence-corrected chi connectivity index (χ3v) is 3.64. The zero-order valence-electron chi connectivity index (χ0n) is 12.0. The maximum absolute atomic E-state index is 12.7. The highest BCUT2D eigenvalue weighted by Crippen LogP contribution is 2.29. The molecule has 3 rings (SSSR count). The number of methoxy groups -OCH3 is 1. The van der Waals surface area contributed by atoms with Gasteiger partial charge in [-0.15, -0.1) is 0 Å². The van der Waals surface area contributed by atoms with E-state index in [0.717, 1.165) is 18.4 Å². The first kappa shape index (κ1) is 13.6. The minimum Gasteiger partial charge on any atom is -0.481 e. The molecule has 0 atom stereocenters. The SMILES string of the molecule is COc1ccc(C(=O)N(Cc2ccccc2)C2CC2)cn1. The lowest BCUT2D eigenvalue weighted by Crippen LogP contribution is -2.32. The first-order valence-electron chi connectivity index (χ1n) is 7.13. The van der Waals surface area contributed by atoms with Gasteiger partial charge in [-0.05, 0) is 24.5 Å². The van der Waals surface area contributed by atoms with Crippen LogP contribution in [0.25, 0.3) is 0 Å². The van der Waals surface area contributed by atoms with Gasteiger partial charge in [0.05, 0.1) is 12.7 Å². The largest absolute Gasteiger partial charge is 0.481 e. The number of benzene rings is 1. The average Bonchev–Trinajstić information content (AvgIpc) is 3.38. The van der Waals surface area contributed by atoms with Crippen LogP contribution in [-0.4, -0.2) is 28.9 Å². The molecule has 1 saturated carbocycles. The standard InChI is InChI=1S/C17H18N2O2/c1-21-16-10-7-14(11-18-16)17(20)19(15-8-9-15)12-13-5-3-2-4-6-13/h2-7,10-11,15H,8-9,12H2,1H3. The van der Waals surface area contributed by atoms with E-state index in [1.807, 2.05) is 23.1 Å². The number of amides is 1. The molecule has 1 aliphatic rings. The van der Waals surface area contributed by atoms with Gasteiger partial charge in [-0.3, -0.25) is 4.79 Å². The average molecular weight is 282 g/mol. The Kier molecular flexibility index (Phi) is 3.86. The molecular weight excluding hydrogens is 264 g/mol. The molecule has 1 aliphatic carbocycles. The molecule has 1 aromatic heterocycles. The van der Waals surface area contributed by atoms with Gasteiger partial charge >= 0.3 is 0 Å². The molecule has 108 valence electrons. The molecule has 1 amide bonds. The molecule has 4 nitrogen and oxygen atoms in total. The monoisotopic (exact) mass is 282 g/mol. The fourth-order valence-corrected chi connectivity index (χ4v) is 2.33. The highest BCUT2D eigenvalue weighted by molar-refractivity contribution is 5.94. The van der Waals surface area contributed by atoms with Crippen LogP contribution in [0.2, 0.25) is 0 Å². The van der Waals surface area contributed by atoms with Crippen molar-refractivity contribution in [1.82, 2.24) is 9.88 Å². The molecule has 2 aromatic rings. The fraction of sp³-hybridized carbons (Fsp3) is 0.294. The van der Waals surface area contributed by atoms with Gasteiger partial charge in [-0.25, -0.2) is 4.98 Å². The van der Waals surface area contributed by atoms with E-state index in [-0.39, 0.29) is 5.91 Å². The van der Waals surface area contributed by atoms with E-state index in [1.165, 1.54) is 0 Å². The Balaban J connectivity index is 1.78. The third-order valence-electron chi connectivity index (χ3n) is 3.64. The highest BCUT2D eigenvalue weighted by atomic mass is 16.5. The predicted molar refractivity (Wildman–Crippen MR) is 80.1 cm³/mol. The molecule has 0 aliphatic heterocycles. The number of rotatable bonds is 5. The van der Waals surface area contributed by atoms with Gasteiger partial charge in [0.15, 0.2) is 0 Å². The lowest BCUT2D eigenvalue weighted by Gasteiger charge is -2.22. The Morgan fingerprint density at radius 1 is 1.24 bits per heavy atom. The van der Waals surface area contributed by atoms with Gasteiger partial charge in [0.1, 0.15) is 0 Å². The zero-order chi connectivity index (χ0) is 14.7. The second-order valence-electron chi connectivity index (χ2n) is 5.24. The molecule has 1 heterocycles. The smallest absolute Gasteiger partial charge is 0.255 e. The van der Waals surface area contributed by atoms with E-state index < -0.39 is 0 Å². The summed E-state index contributed by atoms with van der Waals surface area (Å²) in [6.07, 6.45) is 3.76. The number of aromatic nitrogens is 1. The van der Waals surface area contributed by atoms with Crippen LogP contribution < -0.4 is 4.74 Å². The van der Waals surface area contributed by atoms with Crippen molar-refractivity contribution in [2.45, 2.75) is 25.4 Å². The van der Waals surface area contributed by atoms with Crippen LogP contribution in [-0.2, 0) is 6.54 Å². The number of ether oxygens (including phenoxy) is 1. The first-order valence-corrected chi connectivity index (χ1v) is 7.13. The van der Waals surface area contributed by atoms with Crippen LogP contribution in [0.15, 0.2) is 48.7 Å². The van der Waals surface area contributed by atoms with Crippen molar-refractivity contribution >= 4 is 5.91 Å². The van der Waals surface area contributed by atoms with Crippen molar-refractivity contribution < 1.29 is 9.53 Å². The molecule has 1 aromatic carbocycles. The Bertz CT molecular complexity index is 606. The van der Waals surface area contributed by atoms with Crippen LogP contribution >= 0.6 is 0 Å². The van der Waals surface area contributed by atoms with Gasteiger partial charge in [0, 0.05) is 24.8 Å². The van der Waals surface area contributed by atoms with Crippen molar-refractivity contribution in [3.8, 4) is 5.88 Å². The van der Waals surface area contributed by atoms with Gasteiger partial charge in [0.25, 0.3) is 5.91 Å². The zero-order valence-corrected chi connectivity index (χ0v) is 12.0. The lowest BCUT2D eigenvalue weighted by atomic mass is 10.2. The summed E-state index contributed by atoms with van der Waals surface area (Å²) in [6.45, 7) is 0.649. The number of hydrogen-bond donors (Lipinski definition) is 0. The highest BCUT2D eigenvalue weighted by Gasteiger charge is 2.33. The third kappa shape index (κ3) is 3.21. The molecule has 0 radical (unpaired) electrons. The van der Waals surface area contributed by atoms with Crippen molar-refractivity contribution in [2.75, 3.05) is 7.11 Å².